The molecule has 7 heteroatoms. The SMILES string of the molecule is CCOc1ccc(-c2csc(-n3nc(C)cc3NC(=O)c3ccc(C)c(C)c3)n2)cc1. The van der Waals surface area contributed by atoms with E-state index in [0.29, 0.717) is 23.1 Å². The molecule has 0 atom stereocenters. The largest absolute Gasteiger partial charge is 0.494 e. The molecule has 0 spiro atoms. The van der Waals surface area contributed by atoms with Gasteiger partial charge in [-0.05, 0) is 75.2 Å². The van der Waals surface area contributed by atoms with Gasteiger partial charge in [0.25, 0.3) is 5.91 Å². The molecule has 2 aromatic heterocycles. The van der Waals surface area contributed by atoms with E-state index in [1.165, 1.54) is 11.3 Å². The Bertz CT molecular complexity index is 1220. The number of nitrogens with one attached hydrogen (secondary N) is 1. The van der Waals surface area contributed by atoms with E-state index in [-0.39, 0.29) is 5.91 Å². The zero-order valence-electron chi connectivity index (χ0n) is 18.0. The fraction of sp³-hybridized carbons (Fsp3) is 0.208. The standard InChI is InChI=1S/C24H24N4O2S/c1-5-30-20-10-8-18(9-11-20)21-14-31-24(25-21)28-22(13-17(4)27-28)26-23(29)19-7-6-15(2)16(3)12-19/h6-14H,5H2,1-4H3,(H,26,29). The zero-order chi connectivity index (χ0) is 22.0. The van der Waals surface area contributed by atoms with Gasteiger partial charge < -0.3 is 10.1 Å². The number of thiazole rings is 1. The number of nitrogens with zero attached hydrogens (tertiary/aromatic N) is 3. The Morgan fingerprint density at radius 3 is 2.55 bits per heavy atom. The summed E-state index contributed by atoms with van der Waals surface area (Å²) in [5, 5.41) is 10.2. The predicted octanol–water partition coefficient (Wildman–Crippen LogP) is 5.57. The van der Waals surface area contributed by atoms with Gasteiger partial charge in [-0.3, -0.25) is 4.79 Å². The molecule has 0 saturated heterocycles. The predicted molar refractivity (Wildman–Crippen MR) is 124 cm³/mol. The molecule has 158 valence electrons. The highest BCUT2D eigenvalue weighted by molar-refractivity contribution is 7.12. The maximum Gasteiger partial charge on any atom is 0.256 e. The molecule has 0 bridgehead atoms. The molecule has 4 aromatic rings. The summed E-state index contributed by atoms with van der Waals surface area (Å²) < 4.78 is 7.18. The van der Waals surface area contributed by atoms with E-state index >= 15 is 0 Å². The number of hydrogen-bond acceptors (Lipinski definition) is 5. The van der Waals surface area contributed by atoms with Crippen LogP contribution in [0.1, 0.15) is 34.1 Å². The smallest absolute Gasteiger partial charge is 0.256 e. The lowest BCUT2D eigenvalue weighted by Crippen LogP contribution is -2.15. The Labute approximate surface area is 185 Å². The maximum absolute atomic E-state index is 12.8. The van der Waals surface area contributed by atoms with Crippen molar-refractivity contribution < 1.29 is 9.53 Å². The van der Waals surface area contributed by atoms with Crippen molar-refractivity contribution in [1.82, 2.24) is 14.8 Å². The van der Waals surface area contributed by atoms with Gasteiger partial charge in [0.15, 0.2) is 0 Å². The van der Waals surface area contributed by atoms with Crippen LogP contribution in [0.2, 0.25) is 0 Å². The summed E-state index contributed by atoms with van der Waals surface area (Å²) in [7, 11) is 0. The first-order chi connectivity index (χ1) is 14.9. The van der Waals surface area contributed by atoms with Crippen LogP contribution in [-0.4, -0.2) is 27.3 Å². The highest BCUT2D eigenvalue weighted by Gasteiger charge is 2.16. The Morgan fingerprint density at radius 2 is 1.84 bits per heavy atom. The number of benzene rings is 2. The van der Waals surface area contributed by atoms with Crippen LogP contribution in [-0.2, 0) is 0 Å². The molecule has 1 amide bonds. The average Bonchev–Trinajstić information content (AvgIpc) is 3.37. The van der Waals surface area contributed by atoms with Crippen LogP contribution >= 0.6 is 11.3 Å². The summed E-state index contributed by atoms with van der Waals surface area (Å²) in [5.41, 5.74) is 5.49. The third-order valence-corrected chi connectivity index (χ3v) is 5.79. The van der Waals surface area contributed by atoms with Gasteiger partial charge in [-0.2, -0.15) is 9.78 Å². The molecule has 0 aliphatic carbocycles. The lowest BCUT2D eigenvalue weighted by Gasteiger charge is -2.08. The van der Waals surface area contributed by atoms with Gasteiger partial charge in [-0.1, -0.05) is 6.07 Å². The van der Waals surface area contributed by atoms with Crippen molar-refractivity contribution >= 4 is 23.1 Å². The fourth-order valence-electron chi connectivity index (χ4n) is 3.19. The minimum absolute atomic E-state index is 0.174. The van der Waals surface area contributed by atoms with E-state index < -0.39 is 0 Å². The lowest BCUT2D eigenvalue weighted by atomic mass is 10.1. The van der Waals surface area contributed by atoms with Crippen molar-refractivity contribution in [2.24, 2.45) is 0 Å². The molecule has 0 fully saturated rings. The highest BCUT2D eigenvalue weighted by Crippen LogP contribution is 2.28. The Balaban J connectivity index is 1.58. The van der Waals surface area contributed by atoms with E-state index in [9.17, 15) is 4.79 Å². The summed E-state index contributed by atoms with van der Waals surface area (Å²) in [6, 6.07) is 15.4. The number of ether oxygens (including phenoxy) is 1. The zero-order valence-corrected chi connectivity index (χ0v) is 18.8. The van der Waals surface area contributed by atoms with Crippen LogP contribution in [0.25, 0.3) is 16.4 Å². The number of aryl methyl sites for hydroxylation is 3. The molecule has 2 heterocycles. The molecule has 2 aromatic carbocycles. The van der Waals surface area contributed by atoms with Gasteiger partial charge in [-0.25, -0.2) is 4.98 Å². The first-order valence-corrected chi connectivity index (χ1v) is 11.0. The first-order valence-electron chi connectivity index (χ1n) is 10.1. The average molecular weight is 433 g/mol. The Kier molecular flexibility index (Phi) is 5.86. The van der Waals surface area contributed by atoms with Crippen LogP contribution in [0, 0.1) is 20.8 Å². The number of carbonyl (C=O) groups is 1. The molecular formula is C24H24N4O2S. The third kappa shape index (κ3) is 4.51. The maximum atomic E-state index is 12.8. The normalized spacial score (nSPS) is 10.8. The minimum Gasteiger partial charge on any atom is -0.494 e. The van der Waals surface area contributed by atoms with E-state index in [2.05, 4.69) is 10.4 Å². The molecule has 0 radical (unpaired) electrons. The molecule has 31 heavy (non-hydrogen) atoms. The van der Waals surface area contributed by atoms with Crippen molar-refractivity contribution in [2.45, 2.75) is 27.7 Å². The summed E-state index contributed by atoms with van der Waals surface area (Å²) >= 11 is 1.47. The number of carbonyl (C=O) groups excluding carboxylic acids is 1. The monoisotopic (exact) mass is 432 g/mol. The second-order valence-corrected chi connectivity index (χ2v) is 8.15. The molecule has 1 N–H and O–H groups in total. The van der Waals surface area contributed by atoms with Crippen molar-refractivity contribution in [1.29, 1.82) is 0 Å². The van der Waals surface area contributed by atoms with E-state index in [0.717, 1.165) is 33.8 Å². The Hall–Kier alpha value is -3.45. The van der Waals surface area contributed by atoms with Crippen LogP contribution < -0.4 is 10.1 Å². The van der Waals surface area contributed by atoms with Crippen LogP contribution in [0.3, 0.4) is 0 Å². The summed E-state index contributed by atoms with van der Waals surface area (Å²) in [6.45, 7) is 8.51. The molecular weight excluding hydrogens is 408 g/mol. The van der Waals surface area contributed by atoms with Gasteiger partial charge in [0.05, 0.1) is 18.0 Å². The molecule has 0 saturated carbocycles. The molecule has 6 nitrogen and oxygen atoms in total. The van der Waals surface area contributed by atoms with E-state index in [1.54, 1.807) is 4.68 Å². The highest BCUT2D eigenvalue weighted by atomic mass is 32.1. The topological polar surface area (TPSA) is 69.0 Å². The van der Waals surface area contributed by atoms with E-state index in [4.69, 9.17) is 9.72 Å². The third-order valence-electron chi connectivity index (χ3n) is 4.98. The van der Waals surface area contributed by atoms with Crippen molar-refractivity contribution in [3.63, 3.8) is 0 Å². The van der Waals surface area contributed by atoms with Gasteiger partial charge in [-0.15, -0.1) is 11.3 Å². The number of aromatic nitrogens is 3. The van der Waals surface area contributed by atoms with E-state index in [1.807, 2.05) is 81.6 Å². The quantitative estimate of drug-likeness (QED) is 0.432. The van der Waals surface area contributed by atoms with Gasteiger partial charge in [0, 0.05) is 22.6 Å². The molecule has 0 unspecified atom stereocenters. The number of rotatable bonds is 6. The molecule has 0 aliphatic rings. The Morgan fingerprint density at radius 1 is 1.06 bits per heavy atom. The van der Waals surface area contributed by atoms with Gasteiger partial charge in [0.2, 0.25) is 5.13 Å². The second kappa shape index (κ2) is 8.73. The lowest BCUT2D eigenvalue weighted by molar-refractivity contribution is 0.102. The van der Waals surface area contributed by atoms with Gasteiger partial charge in [0.1, 0.15) is 11.6 Å². The first kappa shape index (κ1) is 20.8. The summed E-state index contributed by atoms with van der Waals surface area (Å²) in [4.78, 5) is 17.5. The van der Waals surface area contributed by atoms with Crippen molar-refractivity contribution in [2.75, 3.05) is 11.9 Å². The number of hydrogen-bond donors (Lipinski definition) is 1. The number of anilines is 1. The van der Waals surface area contributed by atoms with Crippen LogP contribution in [0.4, 0.5) is 5.82 Å². The summed E-state index contributed by atoms with van der Waals surface area (Å²) in [5.74, 6) is 1.25. The van der Waals surface area contributed by atoms with Gasteiger partial charge >= 0.3 is 0 Å². The minimum atomic E-state index is -0.174. The second-order valence-electron chi connectivity index (χ2n) is 7.31. The van der Waals surface area contributed by atoms with Crippen molar-refractivity contribution in [3.05, 3.63) is 76.3 Å². The van der Waals surface area contributed by atoms with Crippen LogP contribution in [0.5, 0.6) is 5.75 Å². The van der Waals surface area contributed by atoms with Crippen molar-refractivity contribution in [3.8, 4) is 22.1 Å². The molecule has 4 rings (SSSR count). The summed E-state index contributed by atoms with van der Waals surface area (Å²) in [6.07, 6.45) is 0. The van der Waals surface area contributed by atoms with Crippen LogP contribution in [0.15, 0.2) is 53.9 Å². The molecule has 0 aliphatic heterocycles. The number of amides is 1. The fourth-order valence-corrected chi connectivity index (χ4v) is 3.98.